The maximum atomic E-state index is 13.4. The van der Waals surface area contributed by atoms with Gasteiger partial charge in [0.1, 0.15) is 5.82 Å². The minimum Gasteiger partial charge on any atom is -0.466 e. The average Bonchev–Trinajstić information content (AvgIpc) is 2.17. The van der Waals surface area contributed by atoms with Crippen molar-refractivity contribution in [1.82, 2.24) is 0 Å². The largest absolute Gasteiger partial charge is 0.466 e. The lowest BCUT2D eigenvalue weighted by molar-refractivity contribution is -0.145. The van der Waals surface area contributed by atoms with Gasteiger partial charge in [0.2, 0.25) is 0 Å². The molecule has 0 spiro atoms. The molecule has 0 fully saturated rings. The van der Waals surface area contributed by atoms with Crippen molar-refractivity contribution in [2.75, 3.05) is 6.61 Å². The van der Waals surface area contributed by atoms with Crippen molar-refractivity contribution in [3.63, 3.8) is 0 Å². The summed E-state index contributed by atoms with van der Waals surface area (Å²) in [5, 5.41) is 9.65. The summed E-state index contributed by atoms with van der Waals surface area (Å²) in [6, 6.07) is 4.49. The van der Waals surface area contributed by atoms with Crippen LogP contribution in [0.3, 0.4) is 0 Å². The van der Waals surface area contributed by atoms with Crippen LogP contribution in [-0.4, -0.2) is 17.7 Å². The Morgan fingerprint density at radius 3 is 2.81 bits per heavy atom. The van der Waals surface area contributed by atoms with E-state index in [1.807, 2.05) is 0 Å². The van der Waals surface area contributed by atoms with Gasteiger partial charge in [0, 0.05) is 5.56 Å². The van der Waals surface area contributed by atoms with E-state index in [2.05, 4.69) is 4.74 Å². The number of esters is 1. The molecule has 0 amide bonds. The van der Waals surface area contributed by atoms with E-state index in [0.717, 1.165) is 5.56 Å². The molecular formula is C12H15FO3. The van der Waals surface area contributed by atoms with Gasteiger partial charge in [-0.3, -0.25) is 4.79 Å². The van der Waals surface area contributed by atoms with Gasteiger partial charge in [0.25, 0.3) is 0 Å². The fraction of sp³-hybridized carbons (Fsp3) is 0.417. The Morgan fingerprint density at radius 2 is 2.25 bits per heavy atom. The first kappa shape index (κ1) is 12.6. The van der Waals surface area contributed by atoms with Crippen LogP contribution in [0.1, 0.15) is 30.6 Å². The highest BCUT2D eigenvalue weighted by atomic mass is 19.1. The van der Waals surface area contributed by atoms with E-state index in [1.54, 1.807) is 19.9 Å². The molecule has 88 valence electrons. The zero-order valence-electron chi connectivity index (χ0n) is 9.37. The van der Waals surface area contributed by atoms with Gasteiger partial charge in [-0.05, 0) is 25.5 Å². The lowest BCUT2D eigenvalue weighted by atomic mass is 10.0. The lowest BCUT2D eigenvalue weighted by Gasteiger charge is -2.11. The van der Waals surface area contributed by atoms with Crippen molar-refractivity contribution in [2.24, 2.45) is 0 Å². The van der Waals surface area contributed by atoms with E-state index in [-0.39, 0.29) is 18.6 Å². The van der Waals surface area contributed by atoms with Crippen LogP contribution in [-0.2, 0) is 9.53 Å². The molecule has 0 radical (unpaired) electrons. The van der Waals surface area contributed by atoms with Gasteiger partial charge in [-0.1, -0.05) is 12.1 Å². The van der Waals surface area contributed by atoms with Crippen LogP contribution in [0.15, 0.2) is 18.2 Å². The monoisotopic (exact) mass is 226 g/mol. The molecule has 0 saturated heterocycles. The Labute approximate surface area is 93.9 Å². The minimum absolute atomic E-state index is 0.124. The third-order valence-corrected chi connectivity index (χ3v) is 2.18. The second-order valence-corrected chi connectivity index (χ2v) is 3.55. The first-order valence-corrected chi connectivity index (χ1v) is 5.14. The number of halogens is 1. The second-order valence-electron chi connectivity index (χ2n) is 3.55. The SMILES string of the molecule is CCOC(=O)CC(O)c1ccc(C)cc1F. The maximum absolute atomic E-state index is 13.4. The molecule has 0 saturated carbocycles. The predicted molar refractivity (Wildman–Crippen MR) is 57.3 cm³/mol. The molecule has 0 bridgehead atoms. The van der Waals surface area contributed by atoms with Crippen LogP contribution in [0.5, 0.6) is 0 Å². The van der Waals surface area contributed by atoms with Gasteiger partial charge in [0.05, 0.1) is 19.1 Å². The highest BCUT2D eigenvalue weighted by Gasteiger charge is 2.17. The Balaban J connectivity index is 2.72. The van der Waals surface area contributed by atoms with Crippen molar-refractivity contribution < 1.29 is 19.0 Å². The van der Waals surface area contributed by atoms with Crippen molar-refractivity contribution in [2.45, 2.75) is 26.4 Å². The van der Waals surface area contributed by atoms with E-state index in [1.165, 1.54) is 12.1 Å². The van der Waals surface area contributed by atoms with Gasteiger partial charge in [-0.2, -0.15) is 0 Å². The summed E-state index contributed by atoms with van der Waals surface area (Å²) in [5.41, 5.74) is 0.892. The normalized spacial score (nSPS) is 12.2. The highest BCUT2D eigenvalue weighted by Crippen LogP contribution is 2.21. The smallest absolute Gasteiger partial charge is 0.308 e. The first-order chi connectivity index (χ1) is 7.54. The summed E-state index contributed by atoms with van der Waals surface area (Å²) in [6.07, 6.45) is -1.38. The van der Waals surface area contributed by atoms with Gasteiger partial charge in [0.15, 0.2) is 0 Å². The van der Waals surface area contributed by atoms with E-state index in [0.29, 0.717) is 0 Å². The van der Waals surface area contributed by atoms with Crippen molar-refractivity contribution >= 4 is 5.97 Å². The third kappa shape index (κ3) is 3.31. The molecule has 1 atom stereocenters. The summed E-state index contributed by atoms with van der Waals surface area (Å²) in [7, 11) is 0. The zero-order valence-corrected chi connectivity index (χ0v) is 9.37. The molecule has 3 nitrogen and oxygen atoms in total. The topological polar surface area (TPSA) is 46.5 Å². The summed E-state index contributed by atoms with van der Waals surface area (Å²) in [6.45, 7) is 3.68. The molecule has 1 rings (SSSR count). The molecule has 1 aromatic rings. The van der Waals surface area contributed by atoms with E-state index < -0.39 is 17.9 Å². The third-order valence-electron chi connectivity index (χ3n) is 2.18. The zero-order chi connectivity index (χ0) is 12.1. The summed E-state index contributed by atoms with van der Waals surface area (Å²) in [5.74, 6) is -1.04. The van der Waals surface area contributed by atoms with Gasteiger partial charge in [-0.15, -0.1) is 0 Å². The quantitative estimate of drug-likeness (QED) is 0.800. The Hall–Kier alpha value is -1.42. The van der Waals surface area contributed by atoms with Gasteiger partial charge < -0.3 is 9.84 Å². The van der Waals surface area contributed by atoms with Crippen LogP contribution >= 0.6 is 0 Å². The Kier molecular flexibility index (Phi) is 4.43. The number of carbonyl (C=O) groups excluding carboxylic acids is 1. The van der Waals surface area contributed by atoms with E-state index >= 15 is 0 Å². The fourth-order valence-corrected chi connectivity index (χ4v) is 1.39. The number of benzene rings is 1. The number of carbonyl (C=O) groups is 1. The first-order valence-electron chi connectivity index (χ1n) is 5.14. The molecule has 1 N–H and O–H groups in total. The summed E-state index contributed by atoms with van der Waals surface area (Å²) >= 11 is 0. The number of hydrogen-bond donors (Lipinski definition) is 1. The number of hydrogen-bond acceptors (Lipinski definition) is 3. The number of aliphatic hydroxyl groups is 1. The minimum atomic E-state index is -1.15. The van der Waals surface area contributed by atoms with Gasteiger partial charge >= 0.3 is 5.97 Å². The molecule has 1 unspecified atom stereocenters. The van der Waals surface area contributed by atoms with Crippen molar-refractivity contribution in [3.05, 3.63) is 35.1 Å². The number of ether oxygens (including phenoxy) is 1. The maximum Gasteiger partial charge on any atom is 0.308 e. The molecule has 0 aliphatic heterocycles. The summed E-state index contributed by atoms with van der Waals surface area (Å²) in [4.78, 5) is 11.1. The van der Waals surface area contributed by atoms with Crippen LogP contribution in [0, 0.1) is 12.7 Å². The van der Waals surface area contributed by atoms with Crippen molar-refractivity contribution in [1.29, 1.82) is 0 Å². The lowest BCUT2D eigenvalue weighted by Crippen LogP contribution is -2.11. The average molecular weight is 226 g/mol. The molecule has 0 aliphatic rings. The number of aliphatic hydroxyl groups excluding tert-OH is 1. The van der Waals surface area contributed by atoms with Crippen LogP contribution in [0.2, 0.25) is 0 Å². The van der Waals surface area contributed by atoms with E-state index in [4.69, 9.17) is 0 Å². The standard InChI is InChI=1S/C12H15FO3/c1-3-16-12(15)7-11(14)9-5-4-8(2)6-10(9)13/h4-6,11,14H,3,7H2,1-2H3. The Bertz CT molecular complexity index is 377. The Morgan fingerprint density at radius 1 is 1.56 bits per heavy atom. The molecule has 1 aromatic carbocycles. The fourth-order valence-electron chi connectivity index (χ4n) is 1.39. The van der Waals surface area contributed by atoms with Crippen LogP contribution in [0.4, 0.5) is 4.39 Å². The summed E-state index contributed by atoms with van der Waals surface area (Å²) < 4.78 is 18.1. The number of aryl methyl sites for hydroxylation is 1. The van der Waals surface area contributed by atoms with Crippen molar-refractivity contribution in [3.8, 4) is 0 Å². The molecule has 0 aliphatic carbocycles. The highest BCUT2D eigenvalue weighted by molar-refractivity contribution is 5.70. The predicted octanol–water partition coefficient (Wildman–Crippen LogP) is 2.12. The van der Waals surface area contributed by atoms with Crippen LogP contribution in [0.25, 0.3) is 0 Å². The van der Waals surface area contributed by atoms with Crippen LogP contribution < -0.4 is 0 Å². The molecule has 0 heterocycles. The molecule has 16 heavy (non-hydrogen) atoms. The molecular weight excluding hydrogens is 211 g/mol. The molecule has 4 heteroatoms. The second kappa shape index (κ2) is 5.61. The van der Waals surface area contributed by atoms with E-state index in [9.17, 15) is 14.3 Å². The number of rotatable bonds is 4. The molecule has 0 aromatic heterocycles. The van der Waals surface area contributed by atoms with Gasteiger partial charge in [-0.25, -0.2) is 4.39 Å².